The summed E-state index contributed by atoms with van der Waals surface area (Å²) in [5, 5.41) is 7.73. The smallest absolute Gasteiger partial charge is 0.261 e. The minimum absolute atomic E-state index is 0.0166. The highest BCUT2D eigenvalue weighted by molar-refractivity contribution is 7.12. The minimum Gasteiger partial charge on any atom is -0.370 e. The Balaban J connectivity index is 1.44. The number of benzene rings is 1. The van der Waals surface area contributed by atoms with Crippen LogP contribution in [0, 0.1) is 0 Å². The number of hydrogen-bond acceptors (Lipinski definition) is 4. The van der Waals surface area contributed by atoms with E-state index in [2.05, 4.69) is 21.6 Å². The van der Waals surface area contributed by atoms with Gasteiger partial charge in [0.1, 0.15) is 0 Å². The SMILES string of the molecule is O=C(CCCNC(=O)c1cccs1)Nc1ccccc1N1CCCC1. The first-order valence-electron chi connectivity index (χ1n) is 8.69. The van der Waals surface area contributed by atoms with Crippen LogP contribution in [-0.4, -0.2) is 31.4 Å². The lowest BCUT2D eigenvalue weighted by Gasteiger charge is -2.21. The molecule has 3 rings (SSSR count). The van der Waals surface area contributed by atoms with E-state index in [9.17, 15) is 9.59 Å². The Morgan fingerprint density at radius 2 is 1.88 bits per heavy atom. The quantitative estimate of drug-likeness (QED) is 0.746. The van der Waals surface area contributed by atoms with Crippen LogP contribution in [0.3, 0.4) is 0 Å². The maximum Gasteiger partial charge on any atom is 0.261 e. The molecule has 25 heavy (non-hydrogen) atoms. The monoisotopic (exact) mass is 357 g/mol. The van der Waals surface area contributed by atoms with Crippen LogP contribution in [0.15, 0.2) is 41.8 Å². The highest BCUT2D eigenvalue weighted by Crippen LogP contribution is 2.28. The first-order chi connectivity index (χ1) is 12.2. The van der Waals surface area contributed by atoms with E-state index in [1.807, 2.05) is 29.6 Å². The van der Waals surface area contributed by atoms with Gasteiger partial charge in [0.15, 0.2) is 0 Å². The molecule has 0 bridgehead atoms. The van der Waals surface area contributed by atoms with E-state index >= 15 is 0 Å². The first kappa shape index (κ1) is 17.5. The molecule has 1 saturated heterocycles. The van der Waals surface area contributed by atoms with Gasteiger partial charge in [-0.1, -0.05) is 18.2 Å². The number of anilines is 2. The summed E-state index contributed by atoms with van der Waals surface area (Å²) in [6, 6.07) is 11.6. The zero-order valence-corrected chi connectivity index (χ0v) is 15.0. The maximum absolute atomic E-state index is 12.2. The van der Waals surface area contributed by atoms with Gasteiger partial charge in [-0.25, -0.2) is 0 Å². The molecule has 1 fully saturated rings. The summed E-state index contributed by atoms with van der Waals surface area (Å²) in [4.78, 5) is 27.1. The molecule has 132 valence electrons. The van der Waals surface area contributed by atoms with Crippen LogP contribution in [0.5, 0.6) is 0 Å². The highest BCUT2D eigenvalue weighted by Gasteiger charge is 2.16. The molecule has 0 aliphatic carbocycles. The topological polar surface area (TPSA) is 61.4 Å². The normalized spacial score (nSPS) is 13.7. The molecule has 1 aromatic carbocycles. The van der Waals surface area contributed by atoms with Crippen molar-refractivity contribution in [1.82, 2.24) is 5.32 Å². The summed E-state index contributed by atoms with van der Waals surface area (Å²) >= 11 is 1.41. The summed E-state index contributed by atoms with van der Waals surface area (Å²) < 4.78 is 0. The third kappa shape index (κ3) is 4.82. The second kappa shape index (κ2) is 8.67. The predicted octanol–water partition coefficient (Wildman–Crippen LogP) is 3.50. The van der Waals surface area contributed by atoms with Gasteiger partial charge in [-0.3, -0.25) is 9.59 Å². The molecule has 0 spiro atoms. The first-order valence-corrected chi connectivity index (χ1v) is 9.57. The second-order valence-electron chi connectivity index (χ2n) is 6.10. The molecule has 1 aliphatic heterocycles. The van der Waals surface area contributed by atoms with Gasteiger partial charge < -0.3 is 15.5 Å². The third-order valence-electron chi connectivity index (χ3n) is 4.24. The van der Waals surface area contributed by atoms with E-state index in [0.29, 0.717) is 24.3 Å². The Kier molecular flexibility index (Phi) is 6.06. The number of carbonyl (C=O) groups excluding carboxylic acids is 2. The summed E-state index contributed by atoms with van der Waals surface area (Å²) in [6.07, 6.45) is 3.41. The molecule has 0 unspecified atom stereocenters. The summed E-state index contributed by atoms with van der Waals surface area (Å²) in [7, 11) is 0. The van der Waals surface area contributed by atoms with Crippen molar-refractivity contribution in [2.45, 2.75) is 25.7 Å². The van der Waals surface area contributed by atoms with Gasteiger partial charge in [-0.2, -0.15) is 0 Å². The molecule has 1 aromatic heterocycles. The van der Waals surface area contributed by atoms with E-state index in [1.165, 1.54) is 24.2 Å². The van der Waals surface area contributed by atoms with Crippen molar-refractivity contribution >= 4 is 34.5 Å². The lowest BCUT2D eigenvalue weighted by molar-refractivity contribution is -0.116. The van der Waals surface area contributed by atoms with Crippen LogP contribution in [0.1, 0.15) is 35.4 Å². The number of carbonyl (C=O) groups is 2. The van der Waals surface area contributed by atoms with Crippen molar-refractivity contribution in [1.29, 1.82) is 0 Å². The van der Waals surface area contributed by atoms with E-state index < -0.39 is 0 Å². The van der Waals surface area contributed by atoms with Crippen molar-refractivity contribution < 1.29 is 9.59 Å². The fourth-order valence-corrected chi connectivity index (χ4v) is 3.61. The average Bonchev–Trinajstić information content (AvgIpc) is 3.32. The standard InChI is InChI=1S/C19H23N3O2S/c23-18(10-5-11-20-19(24)17-9-6-14-25-17)21-15-7-1-2-8-16(15)22-12-3-4-13-22/h1-2,6-9,14H,3-5,10-13H2,(H,20,24)(H,21,23). The number of nitrogens with zero attached hydrogens (tertiary/aromatic N) is 1. The van der Waals surface area contributed by atoms with Crippen LogP contribution < -0.4 is 15.5 Å². The zero-order valence-electron chi connectivity index (χ0n) is 14.2. The number of thiophene rings is 1. The number of hydrogen-bond donors (Lipinski definition) is 2. The highest BCUT2D eigenvalue weighted by atomic mass is 32.1. The molecule has 2 aromatic rings. The molecule has 5 nitrogen and oxygen atoms in total. The number of para-hydroxylation sites is 2. The van der Waals surface area contributed by atoms with Gasteiger partial charge in [0.25, 0.3) is 5.91 Å². The number of rotatable bonds is 7. The van der Waals surface area contributed by atoms with Gasteiger partial charge in [0, 0.05) is 26.1 Å². The molecule has 0 radical (unpaired) electrons. The number of amides is 2. The van der Waals surface area contributed by atoms with Gasteiger partial charge >= 0.3 is 0 Å². The third-order valence-corrected chi connectivity index (χ3v) is 5.10. The summed E-state index contributed by atoms with van der Waals surface area (Å²) in [5.41, 5.74) is 1.97. The molecule has 2 heterocycles. The molecule has 0 saturated carbocycles. The van der Waals surface area contributed by atoms with Crippen molar-refractivity contribution in [3.8, 4) is 0 Å². The van der Waals surface area contributed by atoms with Crippen molar-refractivity contribution in [3.05, 3.63) is 46.7 Å². The minimum atomic E-state index is -0.0743. The van der Waals surface area contributed by atoms with Gasteiger partial charge in [-0.15, -0.1) is 11.3 Å². The average molecular weight is 357 g/mol. The Bertz CT molecular complexity index is 709. The Morgan fingerprint density at radius 3 is 2.64 bits per heavy atom. The van der Waals surface area contributed by atoms with Gasteiger partial charge in [0.2, 0.25) is 5.91 Å². The summed E-state index contributed by atoms with van der Waals surface area (Å²) in [5.74, 6) is -0.0909. The second-order valence-corrected chi connectivity index (χ2v) is 7.04. The molecule has 2 amide bonds. The van der Waals surface area contributed by atoms with E-state index in [1.54, 1.807) is 6.07 Å². The molecule has 2 N–H and O–H groups in total. The fraction of sp³-hybridized carbons (Fsp3) is 0.368. The lowest BCUT2D eigenvalue weighted by Crippen LogP contribution is -2.25. The summed E-state index contributed by atoms with van der Waals surface area (Å²) in [6.45, 7) is 2.58. The molecular formula is C19H23N3O2S. The Hall–Kier alpha value is -2.34. The fourth-order valence-electron chi connectivity index (χ4n) is 2.97. The number of nitrogens with one attached hydrogen (secondary N) is 2. The van der Waals surface area contributed by atoms with Crippen molar-refractivity contribution in [3.63, 3.8) is 0 Å². The molecule has 1 aliphatic rings. The van der Waals surface area contributed by atoms with Crippen LogP contribution >= 0.6 is 11.3 Å². The van der Waals surface area contributed by atoms with Crippen LogP contribution in [0.4, 0.5) is 11.4 Å². The molecule has 6 heteroatoms. The zero-order chi connectivity index (χ0) is 17.5. The van der Waals surface area contributed by atoms with Gasteiger partial charge in [-0.05, 0) is 42.8 Å². The van der Waals surface area contributed by atoms with E-state index in [4.69, 9.17) is 0 Å². The van der Waals surface area contributed by atoms with Crippen molar-refractivity contribution in [2.75, 3.05) is 29.9 Å². The van der Waals surface area contributed by atoms with Crippen LogP contribution in [-0.2, 0) is 4.79 Å². The predicted molar refractivity (Wildman–Crippen MR) is 102 cm³/mol. The largest absolute Gasteiger partial charge is 0.370 e. The van der Waals surface area contributed by atoms with Crippen LogP contribution in [0.25, 0.3) is 0 Å². The van der Waals surface area contributed by atoms with Gasteiger partial charge in [0.05, 0.1) is 16.3 Å². The lowest BCUT2D eigenvalue weighted by atomic mass is 10.2. The van der Waals surface area contributed by atoms with Crippen molar-refractivity contribution in [2.24, 2.45) is 0 Å². The molecular weight excluding hydrogens is 334 g/mol. The van der Waals surface area contributed by atoms with E-state index in [0.717, 1.165) is 24.5 Å². The maximum atomic E-state index is 12.2. The Labute approximate surface area is 152 Å². The Morgan fingerprint density at radius 1 is 1.08 bits per heavy atom. The van der Waals surface area contributed by atoms with E-state index in [-0.39, 0.29) is 11.8 Å². The molecule has 0 atom stereocenters. The van der Waals surface area contributed by atoms with Crippen LogP contribution in [0.2, 0.25) is 0 Å².